The summed E-state index contributed by atoms with van der Waals surface area (Å²) in [6.07, 6.45) is 1.23. The number of aryl methyl sites for hydroxylation is 1. The van der Waals surface area contributed by atoms with Gasteiger partial charge in [-0.15, -0.1) is 0 Å². The highest BCUT2D eigenvalue weighted by Gasteiger charge is 2.13. The standard InChI is InChI=1S/C18H19N3O/c1-13(18-20-15-9-5-6-10-16(15)21-18)19-17(22)12-11-14-7-3-2-4-8-14/h2-10,13H,11-12H2,1H3,(H,19,22)(H,20,21)/t13-/m1/s1. The average Bonchev–Trinajstić information content (AvgIpc) is 2.98. The van der Waals surface area contributed by atoms with Gasteiger partial charge in [0.2, 0.25) is 5.91 Å². The van der Waals surface area contributed by atoms with Crippen LogP contribution in [0.3, 0.4) is 0 Å². The zero-order valence-corrected chi connectivity index (χ0v) is 12.5. The van der Waals surface area contributed by atoms with E-state index in [1.165, 1.54) is 5.56 Å². The van der Waals surface area contributed by atoms with E-state index >= 15 is 0 Å². The molecule has 0 saturated carbocycles. The van der Waals surface area contributed by atoms with Crippen molar-refractivity contribution in [3.63, 3.8) is 0 Å². The molecule has 0 saturated heterocycles. The molecule has 3 rings (SSSR count). The van der Waals surface area contributed by atoms with Crippen LogP contribution in [0.2, 0.25) is 0 Å². The van der Waals surface area contributed by atoms with E-state index < -0.39 is 0 Å². The molecule has 2 N–H and O–H groups in total. The molecule has 0 spiro atoms. The Balaban J connectivity index is 1.58. The fourth-order valence-corrected chi connectivity index (χ4v) is 2.46. The highest BCUT2D eigenvalue weighted by molar-refractivity contribution is 5.77. The number of hydrogen-bond donors (Lipinski definition) is 2. The van der Waals surface area contributed by atoms with Crippen molar-refractivity contribution in [2.24, 2.45) is 0 Å². The van der Waals surface area contributed by atoms with Crippen molar-refractivity contribution in [1.82, 2.24) is 15.3 Å². The predicted octanol–water partition coefficient (Wildman–Crippen LogP) is 3.37. The van der Waals surface area contributed by atoms with Crippen molar-refractivity contribution in [2.75, 3.05) is 0 Å². The molecule has 3 aromatic rings. The lowest BCUT2D eigenvalue weighted by molar-refractivity contribution is -0.121. The Bertz CT molecular complexity index is 731. The number of carbonyl (C=O) groups excluding carboxylic acids is 1. The van der Waals surface area contributed by atoms with E-state index in [1.807, 2.05) is 61.5 Å². The number of amides is 1. The molecule has 0 aliphatic heterocycles. The highest BCUT2D eigenvalue weighted by atomic mass is 16.1. The van der Waals surface area contributed by atoms with Crippen LogP contribution in [0.4, 0.5) is 0 Å². The number of H-pyrrole nitrogens is 1. The van der Waals surface area contributed by atoms with Crippen LogP contribution in [0.1, 0.15) is 30.8 Å². The summed E-state index contributed by atoms with van der Waals surface area (Å²) in [5.41, 5.74) is 3.08. The minimum Gasteiger partial charge on any atom is -0.346 e. The largest absolute Gasteiger partial charge is 0.346 e. The molecule has 4 heteroatoms. The molecule has 0 radical (unpaired) electrons. The first kappa shape index (κ1) is 14.3. The summed E-state index contributed by atoms with van der Waals surface area (Å²) in [6.45, 7) is 1.94. The molecule has 0 aliphatic rings. The van der Waals surface area contributed by atoms with Gasteiger partial charge in [0.1, 0.15) is 5.82 Å². The number of hydrogen-bond acceptors (Lipinski definition) is 2. The Morgan fingerprint density at radius 1 is 1.14 bits per heavy atom. The Morgan fingerprint density at radius 3 is 2.64 bits per heavy atom. The van der Waals surface area contributed by atoms with Crippen molar-refractivity contribution in [1.29, 1.82) is 0 Å². The van der Waals surface area contributed by atoms with Crippen LogP contribution in [0.5, 0.6) is 0 Å². The number of carbonyl (C=O) groups is 1. The van der Waals surface area contributed by atoms with Gasteiger partial charge < -0.3 is 10.3 Å². The number of fused-ring (bicyclic) bond motifs is 1. The van der Waals surface area contributed by atoms with E-state index in [1.54, 1.807) is 0 Å². The fraction of sp³-hybridized carbons (Fsp3) is 0.222. The molecular formula is C18H19N3O. The number of benzene rings is 2. The molecule has 1 aromatic heterocycles. The molecular weight excluding hydrogens is 274 g/mol. The molecule has 0 unspecified atom stereocenters. The van der Waals surface area contributed by atoms with E-state index in [0.717, 1.165) is 23.3 Å². The molecule has 0 bridgehead atoms. The monoisotopic (exact) mass is 293 g/mol. The number of rotatable bonds is 5. The second kappa shape index (κ2) is 6.43. The maximum Gasteiger partial charge on any atom is 0.220 e. The van der Waals surface area contributed by atoms with Crippen molar-refractivity contribution in [2.45, 2.75) is 25.8 Å². The zero-order valence-electron chi connectivity index (χ0n) is 12.5. The molecule has 0 fully saturated rings. The normalized spacial score (nSPS) is 12.2. The van der Waals surface area contributed by atoms with Crippen LogP contribution in [0.15, 0.2) is 54.6 Å². The van der Waals surface area contributed by atoms with Crippen LogP contribution in [-0.2, 0) is 11.2 Å². The number of imidazole rings is 1. The third-order valence-corrected chi connectivity index (χ3v) is 3.68. The van der Waals surface area contributed by atoms with E-state index in [4.69, 9.17) is 0 Å². The van der Waals surface area contributed by atoms with Gasteiger partial charge in [-0.3, -0.25) is 4.79 Å². The number of nitrogens with zero attached hydrogens (tertiary/aromatic N) is 1. The summed E-state index contributed by atoms with van der Waals surface area (Å²) in [4.78, 5) is 19.8. The van der Waals surface area contributed by atoms with Gasteiger partial charge in [-0.25, -0.2) is 4.98 Å². The Hall–Kier alpha value is -2.62. The summed E-state index contributed by atoms with van der Waals surface area (Å²) in [5, 5.41) is 2.99. The first-order valence-corrected chi connectivity index (χ1v) is 7.50. The van der Waals surface area contributed by atoms with Crippen molar-refractivity contribution < 1.29 is 4.79 Å². The molecule has 0 aliphatic carbocycles. The minimum absolute atomic E-state index is 0.0387. The lowest BCUT2D eigenvalue weighted by Crippen LogP contribution is -2.27. The van der Waals surface area contributed by atoms with E-state index in [9.17, 15) is 4.79 Å². The molecule has 2 aromatic carbocycles. The molecule has 4 nitrogen and oxygen atoms in total. The van der Waals surface area contributed by atoms with Gasteiger partial charge in [0.15, 0.2) is 0 Å². The SMILES string of the molecule is C[C@@H](NC(=O)CCc1ccccc1)c1nc2ccccc2[nH]1. The fourth-order valence-electron chi connectivity index (χ4n) is 2.46. The molecule has 1 atom stereocenters. The second-order valence-corrected chi connectivity index (χ2v) is 5.41. The third kappa shape index (κ3) is 3.34. The molecule has 1 heterocycles. The first-order chi connectivity index (χ1) is 10.7. The summed E-state index contributed by atoms with van der Waals surface area (Å²) in [6, 6.07) is 17.8. The van der Waals surface area contributed by atoms with Crippen molar-refractivity contribution in [3.05, 3.63) is 66.0 Å². The Labute approximate surface area is 129 Å². The van der Waals surface area contributed by atoms with Crippen molar-refractivity contribution >= 4 is 16.9 Å². The van der Waals surface area contributed by atoms with Crippen LogP contribution < -0.4 is 5.32 Å². The average molecular weight is 293 g/mol. The molecule has 1 amide bonds. The predicted molar refractivity (Wildman–Crippen MR) is 87.4 cm³/mol. The minimum atomic E-state index is -0.129. The summed E-state index contributed by atoms with van der Waals surface area (Å²) in [5.74, 6) is 0.825. The molecule has 112 valence electrons. The number of aromatic amines is 1. The maximum absolute atomic E-state index is 12.1. The maximum atomic E-state index is 12.1. The highest BCUT2D eigenvalue weighted by Crippen LogP contribution is 2.15. The zero-order chi connectivity index (χ0) is 15.4. The molecule has 22 heavy (non-hydrogen) atoms. The van der Waals surface area contributed by atoms with Gasteiger partial charge in [-0.2, -0.15) is 0 Å². The van der Waals surface area contributed by atoms with Gasteiger partial charge in [0.05, 0.1) is 17.1 Å². The topological polar surface area (TPSA) is 57.8 Å². The van der Waals surface area contributed by atoms with Gasteiger partial charge >= 0.3 is 0 Å². The smallest absolute Gasteiger partial charge is 0.220 e. The number of aromatic nitrogens is 2. The van der Waals surface area contributed by atoms with Gasteiger partial charge in [-0.05, 0) is 31.0 Å². The van der Waals surface area contributed by atoms with E-state index in [2.05, 4.69) is 15.3 Å². The second-order valence-electron chi connectivity index (χ2n) is 5.41. The van der Waals surface area contributed by atoms with Crippen LogP contribution in [0, 0.1) is 0 Å². The van der Waals surface area contributed by atoms with Crippen LogP contribution >= 0.6 is 0 Å². The number of nitrogens with one attached hydrogen (secondary N) is 2. The summed E-state index contributed by atoms with van der Waals surface area (Å²) >= 11 is 0. The third-order valence-electron chi connectivity index (χ3n) is 3.68. The van der Waals surface area contributed by atoms with Crippen LogP contribution in [-0.4, -0.2) is 15.9 Å². The van der Waals surface area contributed by atoms with Crippen LogP contribution in [0.25, 0.3) is 11.0 Å². The van der Waals surface area contributed by atoms with E-state index in [0.29, 0.717) is 6.42 Å². The lowest BCUT2D eigenvalue weighted by atomic mass is 10.1. The van der Waals surface area contributed by atoms with Gasteiger partial charge in [0.25, 0.3) is 0 Å². The van der Waals surface area contributed by atoms with Gasteiger partial charge in [0, 0.05) is 6.42 Å². The Morgan fingerprint density at radius 2 is 1.86 bits per heavy atom. The summed E-state index contributed by atoms with van der Waals surface area (Å²) in [7, 11) is 0. The van der Waals surface area contributed by atoms with Crippen molar-refractivity contribution in [3.8, 4) is 0 Å². The first-order valence-electron chi connectivity index (χ1n) is 7.50. The summed E-state index contributed by atoms with van der Waals surface area (Å²) < 4.78 is 0. The van der Waals surface area contributed by atoms with E-state index in [-0.39, 0.29) is 11.9 Å². The quantitative estimate of drug-likeness (QED) is 0.757. The Kier molecular flexibility index (Phi) is 4.19. The van der Waals surface area contributed by atoms with Gasteiger partial charge in [-0.1, -0.05) is 42.5 Å². The number of para-hydroxylation sites is 2. The lowest BCUT2D eigenvalue weighted by Gasteiger charge is -2.11.